The lowest BCUT2D eigenvalue weighted by Crippen LogP contribution is -2.00. The second kappa shape index (κ2) is 9.79. The quantitative estimate of drug-likeness (QED) is 0.128. The van der Waals surface area contributed by atoms with Crippen molar-refractivity contribution in [1.29, 1.82) is 5.26 Å². The van der Waals surface area contributed by atoms with Crippen LogP contribution in [0.1, 0.15) is 16.7 Å². The molecule has 4 rings (SSSR count). The fourth-order valence-corrected chi connectivity index (χ4v) is 5.43. The Bertz CT molecular complexity index is 1320. The van der Waals surface area contributed by atoms with Crippen molar-refractivity contribution in [3.05, 3.63) is 109 Å². The number of benzene rings is 4. The molecule has 0 saturated carbocycles. The predicted molar refractivity (Wildman–Crippen MR) is 140 cm³/mol. The molecule has 0 aliphatic rings. The summed E-state index contributed by atoms with van der Waals surface area (Å²) in [6, 6.07) is 26.9. The fraction of sp³-hybridized carbons (Fsp3) is 0.0385. The van der Waals surface area contributed by atoms with Crippen molar-refractivity contribution >= 4 is 67.6 Å². The van der Waals surface area contributed by atoms with Gasteiger partial charge in [0, 0.05) is 5.56 Å². The molecule has 2 nitrogen and oxygen atoms in total. The van der Waals surface area contributed by atoms with Crippen molar-refractivity contribution in [2.24, 2.45) is 0 Å². The Labute approximate surface area is 207 Å². The number of nitriles is 1. The van der Waals surface area contributed by atoms with Crippen LogP contribution in [-0.4, -0.2) is 0 Å². The summed E-state index contributed by atoms with van der Waals surface area (Å²) in [6.45, 7) is 0.463. The molecule has 4 aromatic carbocycles. The first-order valence-electron chi connectivity index (χ1n) is 9.51. The van der Waals surface area contributed by atoms with Crippen molar-refractivity contribution < 1.29 is 9.13 Å². The monoisotopic (exact) mass is 631 g/mol. The Morgan fingerprint density at radius 2 is 1.58 bits per heavy atom. The number of ether oxygens (including phenoxy) is 1. The molecule has 0 atom stereocenters. The molecule has 0 aliphatic carbocycles. The van der Waals surface area contributed by atoms with Crippen LogP contribution in [0.5, 0.6) is 5.75 Å². The average molecular weight is 631 g/mol. The highest BCUT2D eigenvalue weighted by Crippen LogP contribution is 2.32. The van der Waals surface area contributed by atoms with E-state index in [2.05, 4.69) is 81.6 Å². The van der Waals surface area contributed by atoms with Gasteiger partial charge in [-0.15, -0.1) is 0 Å². The second-order valence-electron chi connectivity index (χ2n) is 6.93. The highest BCUT2D eigenvalue weighted by atomic mass is 127. The summed E-state index contributed by atoms with van der Waals surface area (Å²) in [7, 11) is 0. The summed E-state index contributed by atoms with van der Waals surface area (Å²) >= 11 is 4.47. The zero-order valence-electron chi connectivity index (χ0n) is 16.3. The second-order valence-corrected chi connectivity index (χ2v) is 9.26. The molecule has 0 bridgehead atoms. The van der Waals surface area contributed by atoms with Crippen molar-refractivity contribution in [3.8, 4) is 11.8 Å². The Kier molecular flexibility index (Phi) is 6.88. The van der Waals surface area contributed by atoms with Crippen LogP contribution in [0.15, 0.2) is 78.9 Å². The molecule has 31 heavy (non-hydrogen) atoms. The Morgan fingerprint density at radius 1 is 0.903 bits per heavy atom. The van der Waals surface area contributed by atoms with E-state index in [1.807, 2.05) is 24.3 Å². The van der Waals surface area contributed by atoms with E-state index in [0.29, 0.717) is 12.2 Å². The molecule has 5 heteroatoms. The summed E-state index contributed by atoms with van der Waals surface area (Å²) in [5.41, 5.74) is 2.51. The fourth-order valence-electron chi connectivity index (χ4n) is 3.30. The first-order valence-corrected chi connectivity index (χ1v) is 11.7. The van der Waals surface area contributed by atoms with Gasteiger partial charge in [-0.1, -0.05) is 54.6 Å². The zero-order chi connectivity index (χ0) is 21.8. The molecule has 4 aromatic rings. The first-order chi connectivity index (χ1) is 15.0. The van der Waals surface area contributed by atoms with Crippen LogP contribution in [0.3, 0.4) is 0 Å². The maximum atomic E-state index is 14.1. The third-order valence-corrected chi connectivity index (χ3v) is 6.42. The minimum Gasteiger partial charge on any atom is -0.487 e. The molecule has 0 heterocycles. The molecular formula is C26H16FI2NO. The molecule has 0 fully saturated rings. The van der Waals surface area contributed by atoms with Gasteiger partial charge in [-0.2, -0.15) is 5.26 Å². The van der Waals surface area contributed by atoms with E-state index in [-0.39, 0.29) is 5.57 Å². The number of fused-ring (bicyclic) bond motifs is 1. The molecule has 0 amide bonds. The normalized spacial score (nSPS) is 11.4. The van der Waals surface area contributed by atoms with E-state index >= 15 is 0 Å². The number of hydrogen-bond donors (Lipinski definition) is 0. The molecule has 0 radical (unpaired) electrons. The molecule has 0 spiro atoms. The summed E-state index contributed by atoms with van der Waals surface area (Å²) < 4.78 is 22.1. The zero-order valence-corrected chi connectivity index (χ0v) is 20.6. The Hall–Kier alpha value is -2.44. The van der Waals surface area contributed by atoms with Gasteiger partial charge in [-0.3, -0.25) is 0 Å². The molecule has 0 aromatic heterocycles. The summed E-state index contributed by atoms with van der Waals surface area (Å²) in [4.78, 5) is 0. The van der Waals surface area contributed by atoms with Gasteiger partial charge in [0.1, 0.15) is 18.2 Å². The minimum atomic E-state index is -0.407. The predicted octanol–water partition coefficient (Wildman–Crippen LogP) is 7.83. The van der Waals surface area contributed by atoms with E-state index in [1.165, 1.54) is 16.8 Å². The Morgan fingerprint density at radius 3 is 2.29 bits per heavy atom. The van der Waals surface area contributed by atoms with E-state index in [0.717, 1.165) is 24.0 Å². The van der Waals surface area contributed by atoms with Crippen LogP contribution in [0.25, 0.3) is 22.4 Å². The Balaban J connectivity index is 1.58. The van der Waals surface area contributed by atoms with Gasteiger partial charge in [-0.25, -0.2) is 4.39 Å². The molecule has 0 aliphatic heterocycles. The van der Waals surface area contributed by atoms with Gasteiger partial charge < -0.3 is 4.74 Å². The molecular weight excluding hydrogens is 615 g/mol. The third kappa shape index (κ3) is 5.08. The SMILES string of the molecule is N#C/C(=C/c1cc(I)c(OCc2ccc3ccccc3c2)c(I)c1)c1ccccc1F. The highest BCUT2D eigenvalue weighted by Gasteiger charge is 2.11. The number of hydrogen-bond acceptors (Lipinski definition) is 2. The van der Waals surface area contributed by atoms with Gasteiger partial charge in [0.15, 0.2) is 0 Å². The number of nitrogens with zero attached hydrogens (tertiary/aromatic N) is 1. The third-order valence-electron chi connectivity index (χ3n) is 4.81. The van der Waals surface area contributed by atoms with Crippen molar-refractivity contribution in [2.75, 3.05) is 0 Å². The lowest BCUT2D eigenvalue weighted by molar-refractivity contribution is 0.302. The summed E-state index contributed by atoms with van der Waals surface area (Å²) in [6.07, 6.45) is 1.70. The number of halogens is 3. The topological polar surface area (TPSA) is 33.0 Å². The van der Waals surface area contributed by atoms with Gasteiger partial charge in [0.05, 0.1) is 18.8 Å². The molecule has 152 valence electrons. The average Bonchev–Trinajstić information content (AvgIpc) is 2.77. The molecule has 0 unspecified atom stereocenters. The van der Waals surface area contributed by atoms with Gasteiger partial charge in [0.2, 0.25) is 0 Å². The van der Waals surface area contributed by atoms with Gasteiger partial charge in [-0.05, 0) is 97.4 Å². The van der Waals surface area contributed by atoms with Crippen molar-refractivity contribution in [2.45, 2.75) is 6.61 Å². The lowest BCUT2D eigenvalue weighted by Gasteiger charge is -2.12. The number of rotatable bonds is 5. The van der Waals surface area contributed by atoms with Crippen LogP contribution < -0.4 is 4.74 Å². The molecule has 0 N–H and O–H groups in total. The van der Waals surface area contributed by atoms with Crippen LogP contribution in [0, 0.1) is 24.3 Å². The van der Waals surface area contributed by atoms with E-state index < -0.39 is 5.82 Å². The standard InChI is InChI=1S/C26H16FI2NO/c27-23-8-4-3-7-22(23)21(15-30)12-18-13-24(28)26(25(29)14-18)31-16-17-9-10-19-5-1-2-6-20(19)11-17/h1-14H,16H2/b21-12-. The number of allylic oxidation sites excluding steroid dienone is 1. The van der Waals surface area contributed by atoms with E-state index in [9.17, 15) is 9.65 Å². The van der Waals surface area contributed by atoms with Gasteiger partial charge in [0.25, 0.3) is 0 Å². The van der Waals surface area contributed by atoms with Crippen molar-refractivity contribution in [1.82, 2.24) is 0 Å². The van der Waals surface area contributed by atoms with Crippen molar-refractivity contribution in [3.63, 3.8) is 0 Å². The van der Waals surface area contributed by atoms with Gasteiger partial charge >= 0.3 is 0 Å². The maximum Gasteiger partial charge on any atom is 0.146 e. The first kappa shape index (κ1) is 21.8. The summed E-state index contributed by atoms with van der Waals surface area (Å²) in [5.74, 6) is 0.394. The summed E-state index contributed by atoms with van der Waals surface area (Å²) in [5, 5.41) is 11.9. The highest BCUT2D eigenvalue weighted by molar-refractivity contribution is 14.1. The minimum absolute atomic E-state index is 0.287. The van der Waals surface area contributed by atoms with Crippen LogP contribution in [0.4, 0.5) is 4.39 Å². The lowest BCUT2D eigenvalue weighted by atomic mass is 10.0. The molecule has 0 saturated heterocycles. The van der Waals surface area contributed by atoms with E-state index in [4.69, 9.17) is 4.74 Å². The smallest absolute Gasteiger partial charge is 0.146 e. The maximum absolute atomic E-state index is 14.1. The van der Waals surface area contributed by atoms with Crippen LogP contribution in [0.2, 0.25) is 0 Å². The van der Waals surface area contributed by atoms with Crippen LogP contribution >= 0.6 is 45.2 Å². The van der Waals surface area contributed by atoms with Crippen LogP contribution in [-0.2, 0) is 6.61 Å². The van der Waals surface area contributed by atoms with E-state index in [1.54, 1.807) is 24.3 Å². The largest absolute Gasteiger partial charge is 0.487 e.